The van der Waals surface area contributed by atoms with E-state index in [1.807, 2.05) is 12.1 Å². The Morgan fingerprint density at radius 1 is 1.05 bits per heavy atom. The molecular formula is C14H23N3O2S. The summed E-state index contributed by atoms with van der Waals surface area (Å²) in [5, 5.41) is 0. The predicted molar refractivity (Wildman–Crippen MR) is 80.9 cm³/mol. The average Bonchev–Trinajstić information content (AvgIpc) is 2.40. The largest absolute Gasteiger partial charge is 0.304 e. The van der Waals surface area contributed by atoms with Crippen LogP contribution in [0.5, 0.6) is 0 Å². The maximum absolute atomic E-state index is 11.0. The van der Waals surface area contributed by atoms with E-state index in [2.05, 4.69) is 33.7 Å². The molecule has 1 aliphatic rings. The number of sulfonamides is 1. The van der Waals surface area contributed by atoms with Crippen LogP contribution in [0.15, 0.2) is 24.3 Å². The van der Waals surface area contributed by atoms with E-state index in [9.17, 15) is 8.42 Å². The Bertz CT molecular complexity index is 520. The first-order chi connectivity index (χ1) is 9.42. The zero-order chi connectivity index (χ0) is 14.6. The molecule has 0 unspecified atom stereocenters. The van der Waals surface area contributed by atoms with E-state index in [0.29, 0.717) is 6.54 Å². The lowest BCUT2D eigenvalue weighted by Gasteiger charge is -2.32. The molecule has 1 heterocycles. The second-order valence-electron chi connectivity index (χ2n) is 5.49. The SMILES string of the molecule is CN1CCN(Cc2ccc(CNS(C)(=O)=O)cc2)CC1. The molecule has 5 nitrogen and oxygen atoms in total. The van der Waals surface area contributed by atoms with Crippen molar-refractivity contribution in [3.05, 3.63) is 35.4 Å². The fourth-order valence-corrected chi connectivity index (χ4v) is 2.67. The average molecular weight is 297 g/mol. The van der Waals surface area contributed by atoms with E-state index in [1.54, 1.807) is 0 Å². The molecule has 1 aliphatic heterocycles. The first kappa shape index (κ1) is 15.4. The van der Waals surface area contributed by atoms with Crippen molar-refractivity contribution in [2.75, 3.05) is 39.5 Å². The molecule has 0 aromatic heterocycles. The third-order valence-corrected chi connectivity index (χ3v) is 4.23. The maximum atomic E-state index is 11.0. The van der Waals surface area contributed by atoms with Gasteiger partial charge in [-0.3, -0.25) is 4.90 Å². The zero-order valence-corrected chi connectivity index (χ0v) is 13.0. The van der Waals surface area contributed by atoms with Gasteiger partial charge in [-0.2, -0.15) is 0 Å². The molecular weight excluding hydrogens is 274 g/mol. The highest BCUT2D eigenvalue weighted by molar-refractivity contribution is 7.88. The summed E-state index contributed by atoms with van der Waals surface area (Å²) < 4.78 is 24.6. The van der Waals surface area contributed by atoms with Crippen molar-refractivity contribution in [3.63, 3.8) is 0 Å². The lowest BCUT2D eigenvalue weighted by Crippen LogP contribution is -2.43. The first-order valence-electron chi connectivity index (χ1n) is 6.86. The molecule has 1 N–H and O–H groups in total. The van der Waals surface area contributed by atoms with Gasteiger partial charge in [0.1, 0.15) is 0 Å². The van der Waals surface area contributed by atoms with Gasteiger partial charge in [-0.05, 0) is 18.2 Å². The van der Waals surface area contributed by atoms with Gasteiger partial charge in [0.2, 0.25) is 10.0 Å². The van der Waals surface area contributed by atoms with Crippen LogP contribution in [-0.2, 0) is 23.1 Å². The summed E-state index contributed by atoms with van der Waals surface area (Å²) in [5.74, 6) is 0. The van der Waals surface area contributed by atoms with Crippen molar-refractivity contribution < 1.29 is 8.42 Å². The summed E-state index contributed by atoms with van der Waals surface area (Å²) in [7, 11) is -0.970. The minimum Gasteiger partial charge on any atom is -0.304 e. The van der Waals surface area contributed by atoms with Gasteiger partial charge < -0.3 is 4.90 Å². The standard InChI is InChI=1S/C14H23N3O2S/c1-16-7-9-17(10-8-16)12-14-5-3-13(4-6-14)11-15-20(2,18)19/h3-6,15H,7-12H2,1-2H3. The van der Waals surface area contributed by atoms with Crippen molar-refractivity contribution in [3.8, 4) is 0 Å². The third-order valence-electron chi connectivity index (χ3n) is 3.56. The smallest absolute Gasteiger partial charge is 0.209 e. The monoisotopic (exact) mass is 297 g/mol. The van der Waals surface area contributed by atoms with Crippen LogP contribution in [0.4, 0.5) is 0 Å². The molecule has 20 heavy (non-hydrogen) atoms. The number of nitrogens with one attached hydrogen (secondary N) is 1. The van der Waals surface area contributed by atoms with Crippen LogP contribution in [0.25, 0.3) is 0 Å². The highest BCUT2D eigenvalue weighted by atomic mass is 32.2. The Hall–Kier alpha value is -0.950. The lowest BCUT2D eigenvalue weighted by atomic mass is 10.1. The minimum absolute atomic E-state index is 0.355. The number of nitrogens with zero attached hydrogens (tertiary/aromatic N) is 2. The molecule has 6 heteroatoms. The lowest BCUT2D eigenvalue weighted by molar-refractivity contribution is 0.148. The zero-order valence-electron chi connectivity index (χ0n) is 12.2. The number of piperazine rings is 1. The number of hydrogen-bond acceptors (Lipinski definition) is 4. The van der Waals surface area contributed by atoms with Crippen LogP contribution in [0.3, 0.4) is 0 Å². The topological polar surface area (TPSA) is 52.6 Å². The fraction of sp³-hybridized carbons (Fsp3) is 0.571. The van der Waals surface area contributed by atoms with Crippen LogP contribution >= 0.6 is 0 Å². The molecule has 0 spiro atoms. The van der Waals surface area contributed by atoms with E-state index in [-0.39, 0.29) is 0 Å². The molecule has 0 radical (unpaired) electrons. The van der Waals surface area contributed by atoms with Crippen molar-refractivity contribution in [1.29, 1.82) is 0 Å². The van der Waals surface area contributed by atoms with Gasteiger partial charge >= 0.3 is 0 Å². The Morgan fingerprint density at radius 2 is 1.60 bits per heavy atom. The molecule has 2 rings (SSSR count). The van der Waals surface area contributed by atoms with Gasteiger partial charge in [-0.1, -0.05) is 24.3 Å². The summed E-state index contributed by atoms with van der Waals surface area (Å²) in [6.07, 6.45) is 1.18. The summed E-state index contributed by atoms with van der Waals surface area (Å²) in [6.45, 7) is 5.77. The van der Waals surface area contributed by atoms with E-state index >= 15 is 0 Å². The van der Waals surface area contributed by atoms with Gasteiger partial charge in [-0.25, -0.2) is 13.1 Å². The highest BCUT2D eigenvalue weighted by Gasteiger charge is 2.13. The van der Waals surface area contributed by atoms with Crippen molar-refractivity contribution in [2.24, 2.45) is 0 Å². The second-order valence-corrected chi connectivity index (χ2v) is 7.32. The Labute approximate surface area is 121 Å². The van der Waals surface area contributed by atoms with Crippen LogP contribution in [0, 0.1) is 0 Å². The van der Waals surface area contributed by atoms with Crippen LogP contribution in [0.1, 0.15) is 11.1 Å². The molecule has 1 saturated heterocycles. The van der Waals surface area contributed by atoms with Gasteiger partial charge in [0.15, 0.2) is 0 Å². The Balaban J connectivity index is 1.85. The molecule has 112 valence electrons. The van der Waals surface area contributed by atoms with Gasteiger partial charge in [0, 0.05) is 39.3 Å². The van der Waals surface area contributed by atoms with Crippen LogP contribution in [-0.4, -0.2) is 57.7 Å². The van der Waals surface area contributed by atoms with Crippen molar-refractivity contribution in [1.82, 2.24) is 14.5 Å². The van der Waals surface area contributed by atoms with E-state index in [0.717, 1.165) is 38.3 Å². The normalized spacial score (nSPS) is 18.3. The molecule has 1 fully saturated rings. The van der Waals surface area contributed by atoms with Crippen LogP contribution in [0.2, 0.25) is 0 Å². The summed E-state index contributed by atoms with van der Waals surface area (Å²) in [5.41, 5.74) is 2.26. The Kier molecular flexibility index (Phi) is 5.15. The third kappa shape index (κ3) is 5.20. The molecule has 0 atom stereocenters. The first-order valence-corrected chi connectivity index (χ1v) is 8.75. The molecule has 0 amide bonds. The quantitative estimate of drug-likeness (QED) is 0.859. The summed E-state index contributed by atoms with van der Waals surface area (Å²) in [4.78, 5) is 4.79. The molecule has 0 aliphatic carbocycles. The van der Waals surface area contributed by atoms with E-state index in [1.165, 1.54) is 11.8 Å². The van der Waals surface area contributed by atoms with Gasteiger partial charge in [0.05, 0.1) is 6.26 Å². The summed E-state index contributed by atoms with van der Waals surface area (Å²) >= 11 is 0. The highest BCUT2D eigenvalue weighted by Crippen LogP contribution is 2.09. The second kappa shape index (κ2) is 6.67. The Morgan fingerprint density at radius 3 is 2.15 bits per heavy atom. The minimum atomic E-state index is -3.12. The van der Waals surface area contributed by atoms with Crippen LogP contribution < -0.4 is 4.72 Å². The molecule has 0 bridgehead atoms. The van der Waals surface area contributed by atoms with E-state index in [4.69, 9.17) is 0 Å². The number of benzene rings is 1. The predicted octanol–water partition coefficient (Wildman–Crippen LogP) is 0.483. The van der Waals surface area contributed by atoms with E-state index < -0.39 is 10.0 Å². The summed E-state index contributed by atoms with van der Waals surface area (Å²) in [6, 6.07) is 8.14. The number of likely N-dealkylation sites (N-methyl/N-ethyl adjacent to an activating group) is 1. The molecule has 1 aromatic carbocycles. The van der Waals surface area contributed by atoms with Gasteiger partial charge in [-0.15, -0.1) is 0 Å². The maximum Gasteiger partial charge on any atom is 0.209 e. The fourth-order valence-electron chi connectivity index (χ4n) is 2.24. The number of hydrogen-bond donors (Lipinski definition) is 1. The van der Waals surface area contributed by atoms with Gasteiger partial charge in [0.25, 0.3) is 0 Å². The number of rotatable bonds is 5. The van der Waals surface area contributed by atoms with Crippen molar-refractivity contribution >= 4 is 10.0 Å². The molecule has 1 aromatic rings. The van der Waals surface area contributed by atoms with Crippen molar-refractivity contribution in [2.45, 2.75) is 13.1 Å². The molecule has 0 saturated carbocycles.